The fraction of sp³-hybridized carbons (Fsp3) is 0.348. The van der Waals surface area contributed by atoms with Gasteiger partial charge in [-0.15, -0.1) is 0 Å². The van der Waals surface area contributed by atoms with E-state index in [2.05, 4.69) is 17.4 Å². The summed E-state index contributed by atoms with van der Waals surface area (Å²) in [6, 6.07) is 19.6. The molecule has 0 saturated carbocycles. The predicted molar refractivity (Wildman–Crippen MR) is 120 cm³/mol. The molecule has 1 saturated heterocycles. The lowest BCUT2D eigenvalue weighted by atomic mass is 10.1. The molecule has 0 spiro atoms. The Hall–Kier alpha value is -2.48. The highest BCUT2D eigenvalue weighted by atomic mass is 32.2. The van der Waals surface area contributed by atoms with E-state index in [0.29, 0.717) is 39.3 Å². The van der Waals surface area contributed by atoms with Crippen molar-refractivity contribution in [2.45, 2.75) is 12.8 Å². The van der Waals surface area contributed by atoms with Crippen molar-refractivity contribution in [3.05, 3.63) is 77.2 Å². The lowest BCUT2D eigenvalue weighted by Crippen LogP contribution is -2.50. The maximum atomic E-state index is 12.5. The van der Waals surface area contributed by atoms with Crippen LogP contribution in [0.3, 0.4) is 0 Å². The summed E-state index contributed by atoms with van der Waals surface area (Å²) in [6.07, 6.45) is 3.45. The number of carbonyl (C=O) groups excluding carboxylic acids is 1. The highest BCUT2D eigenvalue weighted by Crippen LogP contribution is 2.11. The molecule has 0 radical (unpaired) electrons. The third-order valence-electron chi connectivity index (χ3n) is 5.10. The molecule has 0 aromatic heterocycles. The minimum Gasteiger partial charge on any atom is -0.355 e. The van der Waals surface area contributed by atoms with Gasteiger partial charge in [-0.3, -0.25) is 9.69 Å². The zero-order valence-electron chi connectivity index (χ0n) is 17.1. The summed E-state index contributed by atoms with van der Waals surface area (Å²) in [6.45, 7) is 2.84. The van der Waals surface area contributed by atoms with Crippen LogP contribution in [-0.2, 0) is 21.2 Å². The van der Waals surface area contributed by atoms with Gasteiger partial charge in [0.1, 0.15) is 0 Å². The van der Waals surface area contributed by atoms with Gasteiger partial charge in [-0.1, -0.05) is 60.7 Å². The quantitative estimate of drug-likeness (QED) is 0.624. The van der Waals surface area contributed by atoms with Crippen LogP contribution >= 0.6 is 0 Å². The first-order valence-electron chi connectivity index (χ1n) is 10.3. The van der Waals surface area contributed by atoms with Crippen molar-refractivity contribution < 1.29 is 13.2 Å². The molecule has 1 amide bonds. The van der Waals surface area contributed by atoms with Crippen molar-refractivity contribution in [1.29, 1.82) is 0 Å². The first kappa shape index (κ1) is 22.2. The van der Waals surface area contributed by atoms with Crippen LogP contribution in [0.4, 0.5) is 0 Å². The van der Waals surface area contributed by atoms with E-state index in [4.69, 9.17) is 0 Å². The number of hydrogen-bond acceptors (Lipinski definition) is 4. The molecule has 0 aliphatic carbocycles. The van der Waals surface area contributed by atoms with Gasteiger partial charge in [0.05, 0.1) is 6.54 Å². The summed E-state index contributed by atoms with van der Waals surface area (Å²) in [7, 11) is -3.45. The minimum absolute atomic E-state index is 0.0108. The van der Waals surface area contributed by atoms with Gasteiger partial charge >= 0.3 is 0 Å². The topological polar surface area (TPSA) is 69.7 Å². The third kappa shape index (κ3) is 7.09. The second-order valence-electron chi connectivity index (χ2n) is 7.37. The second kappa shape index (κ2) is 11.1. The molecule has 1 fully saturated rings. The Morgan fingerprint density at radius 2 is 1.57 bits per heavy atom. The SMILES string of the molecule is O=C(CN1CCN(S(=O)(=O)C=Cc2ccccc2)CC1)NCCCc1ccccc1. The maximum Gasteiger partial charge on any atom is 0.236 e. The van der Waals surface area contributed by atoms with E-state index >= 15 is 0 Å². The number of hydrogen-bond donors (Lipinski definition) is 1. The molecular weight excluding hydrogens is 398 g/mol. The van der Waals surface area contributed by atoms with Crippen molar-refractivity contribution in [1.82, 2.24) is 14.5 Å². The molecule has 0 unspecified atom stereocenters. The van der Waals surface area contributed by atoms with Crippen molar-refractivity contribution in [3.8, 4) is 0 Å². The molecule has 2 aromatic rings. The van der Waals surface area contributed by atoms with Gasteiger partial charge in [-0.2, -0.15) is 4.31 Å². The van der Waals surface area contributed by atoms with Crippen molar-refractivity contribution >= 4 is 22.0 Å². The summed E-state index contributed by atoms with van der Waals surface area (Å²) in [5, 5.41) is 4.22. The molecule has 0 bridgehead atoms. The smallest absolute Gasteiger partial charge is 0.236 e. The van der Waals surface area contributed by atoms with Crippen LogP contribution in [0.25, 0.3) is 6.08 Å². The zero-order chi connectivity index (χ0) is 21.2. The highest BCUT2D eigenvalue weighted by molar-refractivity contribution is 7.92. The Bertz CT molecular complexity index is 923. The summed E-state index contributed by atoms with van der Waals surface area (Å²) in [5.41, 5.74) is 2.12. The van der Waals surface area contributed by atoms with Crippen molar-refractivity contribution in [3.63, 3.8) is 0 Å². The fourth-order valence-corrected chi connectivity index (χ4v) is 4.55. The number of nitrogens with zero attached hydrogens (tertiary/aromatic N) is 2. The maximum absolute atomic E-state index is 12.5. The summed E-state index contributed by atoms with van der Waals surface area (Å²) >= 11 is 0. The molecule has 1 N–H and O–H groups in total. The summed E-state index contributed by atoms with van der Waals surface area (Å²) in [4.78, 5) is 14.2. The summed E-state index contributed by atoms with van der Waals surface area (Å²) in [5.74, 6) is -0.0108. The number of aryl methyl sites for hydroxylation is 1. The van der Waals surface area contributed by atoms with Crippen LogP contribution in [0.15, 0.2) is 66.1 Å². The Kier molecular flexibility index (Phi) is 8.19. The highest BCUT2D eigenvalue weighted by Gasteiger charge is 2.25. The average molecular weight is 428 g/mol. The van der Waals surface area contributed by atoms with Gasteiger partial charge in [-0.25, -0.2) is 8.42 Å². The molecule has 0 atom stereocenters. The second-order valence-corrected chi connectivity index (χ2v) is 9.19. The number of benzene rings is 2. The first-order valence-corrected chi connectivity index (χ1v) is 11.8. The van der Waals surface area contributed by atoms with Crippen LogP contribution in [0, 0.1) is 0 Å². The zero-order valence-corrected chi connectivity index (χ0v) is 17.9. The van der Waals surface area contributed by atoms with Crippen LogP contribution in [0.5, 0.6) is 0 Å². The van der Waals surface area contributed by atoms with E-state index in [9.17, 15) is 13.2 Å². The van der Waals surface area contributed by atoms with Crippen LogP contribution in [-0.4, -0.2) is 62.8 Å². The molecular formula is C23H29N3O3S. The number of rotatable bonds is 9. The number of carbonyl (C=O) groups is 1. The standard InChI is InChI=1S/C23H29N3O3S/c27-23(24-14-7-12-21-8-3-1-4-9-21)20-25-15-17-26(18-16-25)30(28,29)19-13-22-10-5-2-6-11-22/h1-6,8-11,13,19H,7,12,14-18,20H2,(H,24,27). The van der Waals surface area contributed by atoms with Crippen molar-refractivity contribution in [2.24, 2.45) is 0 Å². The molecule has 1 aliphatic heterocycles. The van der Waals surface area contributed by atoms with Gasteiger partial charge < -0.3 is 5.32 Å². The van der Waals surface area contributed by atoms with Crippen LogP contribution in [0.2, 0.25) is 0 Å². The van der Waals surface area contributed by atoms with E-state index < -0.39 is 10.0 Å². The van der Waals surface area contributed by atoms with Gasteiger partial charge in [0.2, 0.25) is 15.9 Å². The molecule has 1 aliphatic rings. The number of piperazine rings is 1. The predicted octanol–water partition coefficient (Wildman–Crippen LogP) is 2.35. The Balaban J connectivity index is 1.36. The molecule has 6 nitrogen and oxygen atoms in total. The van der Waals surface area contributed by atoms with Gasteiger partial charge in [0.15, 0.2) is 0 Å². The Labute approximate surface area is 179 Å². The largest absolute Gasteiger partial charge is 0.355 e. The van der Waals surface area contributed by atoms with Gasteiger partial charge in [0, 0.05) is 38.1 Å². The number of amides is 1. The normalized spacial score (nSPS) is 16.0. The van der Waals surface area contributed by atoms with E-state index in [1.54, 1.807) is 6.08 Å². The first-order chi connectivity index (χ1) is 14.5. The molecule has 2 aromatic carbocycles. The Morgan fingerprint density at radius 1 is 0.933 bits per heavy atom. The summed E-state index contributed by atoms with van der Waals surface area (Å²) < 4.78 is 26.5. The van der Waals surface area contributed by atoms with Gasteiger partial charge in [-0.05, 0) is 30.0 Å². The van der Waals surface area contributed by atoms with Crippen molar-refractivity contribution in [2.75, 3.05) is 39.3 Å². The average Bonchev–Trinajstić information content (AvgIpc) is 2.77. The van der Waals surface area contributed by atoms with E-state index in [0.717, 1.165) is 18.4 Å². The van der Waals surface area contributed by atoms with Crippen LogP contribution < -0.4 is 5.32 Å². The number of sulfonamides is 1. The van der Waals surface area contributed by atoms with E-state index in [1.165, 1.54) is 15.3 Å². The lowest BCUT2D eigenvalue weighted by molar-refractivity contribution is -0.122. The molecule has 7 heteroatoms. The van der Waals surface area contributed by atoms with Gasteiger partial charge in [0.25, 0.3) is 0 Å². The molecule has 30 heavy (non-hydrogen) atoms. The van der Waals surface area contributed by atoms with E-state index in [1.807, 2.05) is 53.4 Å². The third-order valence-corrected chi connectivity index (χ3v) is 6.66. The molecule has 160 valence electrons. The fourth-order valence-electron chi connectivity index (χ4n) is 3.38. The Morgan fingerprint density at radius 3 is 2.23 bits per heavy atom. The molecule has 1 heterocycles. The van der Waals surface area contributed by atoms with E-state index in [-0.39, 0.29) is 5.91 Å². The monoisotopic (exact) mass is 427 g/mol. The molecule has 3 rings (SSSR count). The minimum atomic E-state index is -3.45. The lowest BCUT2D eigenvalue weighted by Gasteiger charge is -2.32. The number of nitrogens with one attached hydrogen (secondary N) is 1. The van der Waals surface area contributed by atoms with Crippen LogP contribution in [0.1, 0.15) is 17.5 Å².